The van der Waals surface area contributed by atoms with Crippen LogP contribution in [-0.2, 0) is 11.5 Å². The number of benzene rings is 1. The lowest BCUT2D eigenvalue weighted by Crippen LogP contribution is -2.22. The Balaban J connectivity index is 1.69. The second kappa shape index (κ2) is 7.03. The smallest absolute Gasteiger partial charge is 0.221 e. The van der Waals surface area contributed by atoms with Gasteiger partial charge in [-0.2, -0.15) is 4.98 Å². The lowest BCUT2D eigenvalue weighted by molar-refractivity contribution is 0.0899. The Morgan fingerprint density at radius 3 is 2.82 bits per heavy atom. The van der Waals surface area contributed by atoms with Crippen molar-refractivity contribution in [3.05, 3.63) is 36.5 Å². The average molecular weight is 396 g/mol. The van der Waals surface area contributed by atoms with Gasteiger partial charge in [0.15, 0.2) is 11.5 Å². The van der Waals surface area contributed by atoms with E-state index in [9.17, 15) is 0 Å². The summed E-state index contributed by atoms with van der Waals surface area (Å²) in [6.45, 7) is 10.0. The van der Waals surface area contributed by atoms with Crippen LogP contribution in [0.2, 0.25) is 25.7 Å². The second-order valence-corrected chi connectivity index (χ2v) is 13.9. The Morgan fingerprint density at radius 1 is 1.21 bits per heavy atom. The molecule has 8 heteroatoms. The van der Waals surface area contributed by atoms with Gasteiger partial charge < -0.3 is 19.5 Å². The first kappa shape index (κ1) is 18.6. The molecule has 0 bridgehead atoms. The fourth-order valence-corrected chi connectivity index (χ4v) is 3.92. The topological polar surface area (TPSA) is 92.0 Å². The van der Waals surface area contributed by atoms with E-state index in [2.05, 4.69) is 34.6 Å². The zero-order valence-electron chi connectivity index (χ0n) is 16.7. The molecule has 1 aromatic carbocycles. The third-order valence-corrected chi connectivity index (χ3v) is 6.37. The maximum Gasteiger partial charge on any atom is 0.221 e. The van der Waals surface area contributed by atoms with Crippen LogP contribution in [-0.4, -0.2) is 34.2 Å². The summed E-state index contributed by atoms with van der Waals surface area (Å²) in [5.41, 5.74) is 10.2. The zero-order chi connectivity index (χ0) is 19.9. The van der Waals surface area contributed by atoms with Gasteiger partial charge in [0.25, 0.3) is 0 Å². The molecule has 7 nitrogen and oxygen atoms in total. The molecule has 4 aromatic rings. The summed E-state index contributed by atoms with van der Waals surface area (Å²) in [5.74, 6) is 0.906. The first-order valence-electron chi connectivity index (χ1n) is 9.37. The lowest BCUT2D eigenvalue weighted by atomic mass is 10.1. The van der Waals surface area contributed by atoms with E-state index in [-0.39, 0.29) is 5.95 Å². The Kier molecular flexibility index (Phi) is 4.68. The molecule has 0 aliphatic heterocycles. The molecular weight excluding hydrogens is 370 g/mol. The van der Waals surface area contributed by atoms with Gasteiger partial charge in [-0.25, -0.2) is 9.97 Å². The SMILES string of the molecule is Cc1nc2ccc(-c3cn(COCC[Si](C)(C)C)c4nc(N)ncc34)cc2o1. The average Bonchev–Trinajstić information content (AvgIpc) is 3.16. The standard InChI is InChI=1S/C20H25N5O2Si/c1-13-23-17-6-5-14(9-18(17)27-13)16-11-25(12-26-7-8-28(2,3)4)19-15(16)10-22-20(21)24-19/h5-6,9-11H,7-8,12H2,1-4H3,(H2,21,22,24). The number of hydrogen-bond donors (Lipinski definition) is 1. The van der Waals surface area contributed by atoms with E-state index < -0.39 is 8.07 Å². The summed E-state index contributed by atoms with van der Waals surface area (Å²) in [4.78, 5) is 13.0. The highest BCUT2D eigenvalue weighted by molar-refractivity contribution is 6.76. The van der Waals surface area contributed by atoms with Crippen molar-refractivity contribution in [1.29, 1.82) is 0 Å². The monoisotopic (exact) mass is 395 g/mol. The predicted molar refractivity (Wildman–Crippen MR) is 114 cm³/mol. The van der Waals surface area contributed by atoms with Gasteiger partial charge in [-0.15, -0.1) is 0 Å². The molecular formula is C20H25N5O2Si. The molecule has 0 radical (unpaired) electrons. The summed E-state index contributed by atoms with van der Waals surface area (Å²) < 4.78 is 13.6. The van der Waals surface area contributed by atoms with E-state index >= 15 is 0 Å². The Bertz CT molecular complexity index is 1140. The molecule has 3 aromatic heterocycles. The van der Waals surface area contributed by atoms with E-state index in [4.69, 9.17) is 14.9 Å². The first-order valence-corrected chi connectivity index (χ1v) is 13.1. The highest BCUT2D eigenvalue weighted by Crippen LogP contribution is 2.32. The van der Waals surface area contributed by atoms with Gasteiger partial charge >= 0.3 is 0 Å². The van der Waals surface area contributed by atoms with Crippen molar-refractivity contribution in [2.24, 2.45) is 0 Å². The maximum absolute atomic E-state index is 5.93. The van der Waals surface area contributed by atoms with E-state index in [1.54, 1.807) is 6.20 Å². The maximum atomic E-state index is 5.93. The van der Waals surface area contributed by atoms with Crippen molar-refractivity contribution in [1.82, 2.24) is 19.5 Å². The summed E-state index contributed by atoms with van der Waals surface area (Å²) in [6.07, 6.45) is 3.80. The van der Waals surface area contributed by atoms with Gasteiger partial charge in [0.05, 0.1) is 0 Å². The second-order valence-electron chi connectivity index (χ2n) is 8.24. The van der Waals surface area contributed by atoms with Crippen LogP contribution in [0.5, 0.6) is 0 Å². The minimum absolute atomic E-state index is 0.252. The van der Waals surface area contributed by atoms with Crippen molar-refractivity contribution in [2.75, 3.05) is 12.3 Å². The van der Waals surface area contributed by atoms with Crippen LogP contribution in [0.1, 0.15) is 5.89 Å². The Labute approximate surface area is 164 Å². The van der Waals surface area contributed by atoms with Gasteiger partial charge in [0.1, 0.15) is 17.9 Å². The van der Waals surface area contributed by atoms with Gasteiger partial charge in [0, 0.05) is 44.9 Å². The zero-order valence-corrected chi connectivity index (χ0v) is 17.7. The minimum atomic E-state index is -1.13. The van der Waals surface area contributed by atoms with Gasteiger partial charge in [-0.3, -0.25) is 0 Å². The largest absolute Gasteiger partial charge is 0.441 e. The van der Waals surface area contributed by atoms with Crippen LogP contribution in [0.25, 0.3) is 33.3 Å². The van der Waals surface area contributed by atoms with Crippen LogP contribution in [0.3, 0.4) is 0 Å². The lowest BCUT2D eigenvalue weighted by Gasteiger charge is -2.15. The number of anilines is 1. The molecule has 0 atom stereocenters. The van der Waals surface area contributed by atoms with Crippen LogP contribution >= 0.6 is 0 Å². The third kappa shape index (κ3) is 3.78. The Morgan fingerprint density at radius 2 is 2.04 bits per heavy atom. The van der Waals surface area contributed by atoms with Crippen molar-refractivity contribution in [2.45, 2.75) is 39.3 Å². The molecule has 0 aliphatic rings. The number of nitrogens with two attached hydrogens (primary N) is 1. The number of nitrogens with zero attached hydrogens (tertiary/aromatic N) is 4. The molecule has 28 heavy (non-hydrogen) atoms. The van der Waals surface area contributed by atoms with Crippen molar-refractivity contribution >= 4 is 36.2 Å². The molecule has 0 saturated heterocycles. The molecule has 146 valence electrons. The summed E-state index contributed by atoms with van der Waals surface area (Å²) in [6, 6.07) is 7.12. The number of aromatic nitrogens is 4. The molecule has 0 aliphatic carbocycles. The number of rotatable bonds is 6. The van der Waals surface area contributed by atoms with Crippen LogP contribution in [0.4, 0.5) is 5.95 Å². The number of ether oxygens (including phenoxy) is 1. The summed E-state index contributed by atoms with van der Waals surface area (Å²) in [7, 11) is -1.13. The normalized spacial score (nSPS) is 12.3. The molecule has 0 saturated carbocycles. The number of nitrogen functional groups attached to an aromatic ring is 1. The van der Waals surface area contributed by atoms with Crippen molar-refractivity contribution in [3.63, 3.8) is 0 Å². The quantitative estimate of drug-likeness (QED) is 0.383. The molecule has 0 fully saturated rings. The highest BCUT2D eigenvalue weighted by Gasteiger charge is 2.16. The number of hydrogen-bond acceptors (Lipinski definition) is 6. The van der Waals surface area contributed by atoms with Gasteiger partial charge in [0.2, 0.25) is 5.95 Å². The fourth-order valence-electron chi connectivity index (χ4n) is 3.16. The first-order chi connectivity index (χ1) is 13.3. The Hall–Kier alpha value is -2.71. The van der Waals surface area contributed by atoms with Crippen molar-refractivity contribution in [3.8, 4) is 11.1 Å². The van der Waals surface area contributed by atoms with E-state index in [1.165, 1.54) is 0 Å². The summed E-state index contributed by atoms with van der Waals surface area (Å²) >= 11 is 0. The summed E-state index contributed by atoms with van der Waals surface area (Å²) in [5, 5.41) is 0.929. The van der Waals surface area contributed by atoms with Crippen LogP contribution in [0.15, 0.2) is 35.0 Å². The molecule has 3 heterocycles. The minimum Gasteiger partial charge on any atom is -0.441 e. The van der Waals surface area contributed by atoms with Crippen LogP contribution < -0.4 is 5.73 Å². The number of oxazole rings is 1. The predicted octanol–water partition coefficient (Wildman–Crippen LogP) is 4.44. The third-order valence-electron chi connectivity index (χ3n) is 4.67. The molecule has 0 amide bonds. The highest BCUT2D eigenvalue weighted by atomic mass is 28.3. The van der Waals surface area contributed by atoms with Gasteiger partial charge in [-0.1, -0.05) is 25.7 Å². The molecule has 0 unspecified atom stereocenters. The van der Waals surface area contributed by atoms with E-state index in [1.807, 2.05) is 35.9 Å². The number of fused-ring (bicyclic) bond motifs is 2. The fraction of sp³-hybridized carbons (Fsp3) is 0.350. The van der Waals surface area contributed by atoms with E-state index in [0.29, 0.717) is 12.6 Å². The van der Waals surface area contributed by atoms with Crippen molar-refractivity contribution < 1.29 is 9.15 Å². The number of aryl methyl sites for hydroxylation is 1. The molecule has 0 spiro atoms. The van der Waals surface area contributed by atoms with Gasteiger partial charge in [-0.05, 0) is 23.7 Å². The van der Waals surface area contributed by atoms with E-state index in [0.717, 1.165) is 45.9 Å². The molecule has 4 rings (SSSR count). The van der Waals surface area contributed by atoms with Crippen LogP contribution in [0, 0.1) is 6.92 Å². The molecule has 2 N–H and O–H groups in total.